The number of ether oxygens (including phenoxy) is 1. The first-order valence-electron chi connectivity index (χ1n) is 6.85. The van der Waals surface area contributed by atoms with Crippen LogP contribution < -0.4 is 14.8 Å². The van der Waals surface area contributed by atoms with Crippen LogP contribution in [-0.2, 0) is 21.2 Å². The van der Waals surface area contributed by atoms with Crippen molar-refractivity contribution in [1.29, 1.82) is 0 Å². The predicted octanol–water partition coefficient (Wildman–Crippen LogP) is 2.23. The molecule has 2 aromatic rings. The lowest BCUT2D eigenvalue weighted by molar-refractivity contribution is -0.116. The van der Waals surface area contributed by atoms with Crippen LogP contribution in [0.3, 0.4) is 0 Å². The lowest BCUT2D eigenvalue weighted by Crippen LogP contribution is -2.14. The van der Waals surface area contributed by atoms with E-state index in [4.69, 9.17) is 9.15 Å². The Morgan fingerprint density at radius 2 is 2.09 bits per heavy atom. The number of methoxy groups -OCH3 is 1. The van der Waals surface area contributed by atoms with Crippen LogP contribution in [0, 0.1) is 0 Å². The Morgan fingerprint density at radius 1 is 1.30 bits per heavy atom. The molecular formula is C15H18N2O5S. The van der Waals surface area contributed by atoms with Crippen LogP contribution in [0.5, 0.6) is 5.75 Å². The summed E-state index contributed by atoms with van der Waals surface area (Å²) in [5, 5.41) is 2.71. The molecule has 23 heavy (non-hydrogen) atoms. The van der Waals surface area contributed by atoms with Crippen molar-refractivity contribution in [3.63, 3.8) is 0 Å². The molecule has 2 N–H and O–H groups in total. The molecule has 1 heterocycles. The van der Waals surface area contributed by atoms with Crippen LogP contribution in [0.2, 0.25) is 0 Å². The van der Waals surface area contributed by atoms with E-state index in [2.05, 4.69) is 10.0 Å². The van der Waals surface area contributed by atoms with Gasteiger partial charge in [-0.1, -0.05) is 0 Å². The fraction of sp³-hybridized carbons (Fsp3) is 0.267. The Labute approximate surface area is 134 Å². The van der Waals surface area contributed by atoms with Crippen LogP contribution in [-0.4, -0.2) is 27.7 Å². The summed E-state index contributed by atoms with van der Waals surface area (Å²) in [6, 6.07) is 8.28. The molecule has 0 saturated carbocycles. The van der Waals surface area contributed by atoms with Gasteiger partial charge in [-0.2, -0.15) is 0 Å². The number of sulfonamides is 1. The van der Waals surface area contributed by atoms with Crippen molar-refractivity contribution in [3.8, 4) is 5.75 Å². The van der Waals surface area contributed by atoms with Gasteiger partial charge in [0.15, 0.2) is 0 Å². The molecular weight excluding hydrogens is 320 g/mol. The molecule has 1 aromatic heterocycles. The molecule has 0 aliphatic carbocycles. The minimum Gasteiger partial charge on any atom is -0.495 e. The molecule has 0 saturated heterocycles. The summed E-state index contributed by atoms with van der Waals surface area (Å²) in [6.45, 7) is 0. The second-order valence-electron chi connectivity index (χ2n) is 4.92. The Balaban J connectivity index is 2.04. The molecule has 0 bridgehead atoms. The molecule has 0 fully saturated rings. The van der Waals surface area contributed by atoms with E-state index in [1.165, 1.54) is 13.2 Å². The topological polar surface area (TPSA) is 97.6 Å². The van der Waals surface area contributed by atoms with Gasteiger partial charge in [0, 0.05) is 18.5 Å². The first-order valence-corrected chi connectivity index (χ1v) is 8.74. The Kier molecular flexibility index (Phi) is 5.28. The number of hydrogen-bond donors (Lipinski definition) is 2. The number of furan rings is 1. The van der Waals surface area contributed by atoms with Gasteiger partial charge >= 0.3 is 0 Å². The van der Waals surface area contributed by atoms with Gasteiger partial charge in [-0.15, -0.1) is 0 Å². The number of hydrogen-bond acceptors (Lipinski definition) is 5. The predicted molar refractivity (Wildman–Crippen MR) is 87.1 cm³/mol. The number of anilines is 2. The Hall–Kier alpha value is -2.48. The van der Waals surface area contributed by atoms with Crippen molar-refractivity contribution in [2.24, 2.45) is 0 Å². The zero-order chi connectivity index (χ0) is 16.9. The highest BCUT2D eigenvalue weighted by Crippen LogP contribution is 2.28. The molecule has 2 rings (SSSR count). The third-order valence-electron chi connectivity index (χ3n) is 2.96. The zero-order valence-electron chi connectivity index (χ0n) is 12.8. The van der Waals surface area contributed by atoms with E-state index in [1.54, 1.807) is 30.5 Å². The highest BCUT2D eigenvalue weighted by atomic mass is 32.2. The molecule has 124 valence electrons. The van der Waals surface area contributed by atoms with Gasteiger partial charge in [0.1, 0.15) is 11.5 Å². The van der Waals surface area contributed by atoms with E-state index in [1.807, 2.05) is 0 Å². The minimum absolute atomic E-state index is 0.197. The summed E-state index contributed by atoms with van der Waals surface area (Å²) in [5.41, 5.74) is 0.736. The Morgan fingerprint density at radius 3 is 2.70 bits per heavy atom. The quantitative estimate of drug-likeness (QED) is 0.807. The summed E-state index contributed by atoms with van der Waals surface area (Å²) in [6.07, 6.45) is 3.35. The first kappa shape index (κ1) is 16.9. The van der Waals surface area contributed by atoms with Gasteiger partial charge in [0.05, 0.1) is 25.3 Å². The number of nitrogens with one attached hydrogen (secondary N) is 2. The summed E-state index contributed by atoms with van der Waals surface area (Å²) in [4.78, 5) is 11.9. The van der Waals surface area contributed by atoms with E-state index in [0.29, 0.717) is 17.9 Å². The fourth-order valence-electron chi connectivity index (χ4n) is 1.98. The number of rotatable bonds is 7. The number of aryl methyl sites for hydroxylation is 1. The standard InChI is InChI=1S/C15H18N2O5S/c1-21-14-7-5-11(10-13(14)17-23(2,19)20)16-15(18)8-6-12-4-3-9-22-12/h3-5,7,9-10,17H,6,8H2,1-2H3,(H,16,18). The zero-order valence-corrected chi connectivity index (χ0v) is 13.6. The van der Waals surface area contributed by atoms with E-state index in [9.17, 15) is 13.2 Å². The average Bonchev–Trinajstić information content (AvgIpc) is 2.97. The van der Waals surface area contributed by atoms with Crippen LogP contribution in [0.25, 0.3) is 0 Å². The third-order valence-corrected chi connectivity index (χ3v) is 3.55. The van der Waals surface area contributed by atoms with Crippen LogP contribution in [0.1, 0.15) is 12.2 Å². The van der Waals surface area contributed by atoms with Crippen LogP contribution in [0.4, 0.5) is 11.4 Å². The van der Waals surface area contributed by atoms with Crippen molar-refractivity contribution >= 4 is 27.3 Å². The van der Waals surface area contributed by atoms with Gasteiger partial charge in [0.2, 0.25) is 15.9 Å². The maximum absolute atomic E-state index is 11.9. The van der Waals surface area contributed by atoms with E-state index in [-0.39, 0.29) is 18.0 Å². The molecule has 0 spiro atoms. The van der Waals surface area contributed by atoms with Crippen molar-refractivity contribution in [1.82, 2.24) is 0 Å². The second-order valence-corrected chi connectivity index (χ2v) is 6.67. The average molecular weight is 338 g/mol. The minimum atomic E-state index is -3.45. The van der Waals surface area contributed by atoms with Crippen molar-refractivity contribution < 1.29 is 22.4 Å². The summed E-state index contributed by atoms with van der Waals surface area (Å²) < 4.78 is 35.4. The summed E-state index contributed by atoms with van der Waals surface area (Å²) in [5.74, 6) is 0.898. The van der Waals surface area contributed by atoms with Gasteiger partial charge in [-0.25, -0.2) is 8.42 Å². The van der Waals surface area contributed by atoms with Crippen molar-refractivity contribution in [3.05, 3.63) is 42.4 Å². The van der Waals surface area contributed by atoms with E-state index >= 15 is 0 Å². The fourth-order valence-corrected chi connectivity index (χ4v) is 2.54. The lowest BCUT2D eigenvalue weighted by Gasteiger charge is -2.12. The molecule has 0 aliphatic heterocycles. The summed E-state index contributed by atoms with van der Waals surface area (Å²) >= 11 is 0. The molecule has 1 amide bonds. The number of benzene rings is 1. The molecule has 0 atom stereocenters. The van der Waals surface area contributed by atoms with Crippen LogP contribution >= 0.6 is 0 Å². The first-order chi connectivity index (χ1) is 10.9. The van der Waals surface area contributed by atoms with Crippen molar-refractivity contribution in [2.45, 2.75) is 12.8 Å². The molecule has 0 radical (unpaired) electrons. The SMILES string of the molecule is COc1ccc(NC(=O)CCc2ccco2)cc1NS(C)(=O)=O. The third kappa shape index (κ3) is 5.33. The number of carbonyl (C=O) groups is 1. The van der Waals surface area contributed by atoms with Gasteiger partial charge in [0.25, 0.3) is 0 Å². The monoisotopic (exact) mass is 338 g/mol. The lowest BCUT2D eigenvalue weighted by atomic mass is 10.2. The highest BCUT2D eigenvalue weighted by molar-refractivity contribution is 7.92. The van der Waals surface area contributed by atoms with Gasteiger partial charge in [-0.05, 0) is 30.3 Å². The normalized spacial score (nSPS) is 11.0. The molecule has 8 heteroatoms. The maximum Gasteiger partial charge on any atom is 0.229 e. The molecule has 1 aromatic carbocycles. The smallest absolute Gasteiger partial charge is 0.229 e. The maximum atomic E-state index is 11.9. The highest BCUT2D eigenvalue weighted by Gasteiger charge is 2.11. The van der Waals surface area contributed by atoms with E-state index < -0.39 is 10.0 Å². The molecule has 0 aliphatic rings. The van der Waals surface area contributed by atoms with Crippen LogP contribution in [0.15, 0.2) is 41.0 Å². The largest absolute Gasteiger partial charge is 0.495 e. The van der Waals surface area contributed by atoms with Gasteiger partial charge < -0.3 is 14.5 Å². The number of amides is 1. The molecule has 7 nitrogen and oxygen atoms in total. The number of carbonyl (C=O) groups excluding carboxylic acids is 1. The summed E-state index contributed by atoms with van der Waals surface area (Å²) in [7, 11) is -2.02. The molecule has 0 unspecified atom stereocenters. The van der Waals surface area contributed by atoms with Crippen molar-refractivity contribution in [2.75, 3.05) is 23.4 Å². The second kappa shape index (κ2) is 7.19. The Bertz CT molecular complexity index is 769. The van der Waals surface area contributed by atoms with E-state index in [0.717, 1.165) is 12.0 Å². The van der Waals surface area contributed by atoms with Gasteiger partial charge in [-0.3, -0.25) is 9.52 Å².